The van der Waals surface area contributed by atoms with Gasteiger partial charge in [-0.05, 0) is 23.1 Å². The number of hydrogen-bond donors (Lipinski definition) is 1. The molecule has 2 nitrogen and oxygen atoms in total. The topological polar surface area (TPSA) is 37.3 Å². The lowest BCUT2D eigenvalue weighted by atomic mass is 9.84. The van der Waals surface area contributed by atoms with Gasteiger partial charge in [0.05, 0.1) is 5.56 Å². The van der Waals surface area contributed by atoms with Gasteiger partial charge in [0.2, 0.25) is 0 Å². The molecule has 7 heteroatoms. The minimum atomic E-state index is -5.35. The van der Waals surface area contributed by atoms with Crippen LogP contribution in [0, 0.1) is 0 Å². The van der Waals surface area contributed by atoms with E-state index >= 15 is 0 Å². The van der Waals surface area contributed by atoms with Crippen molar-refractivity contribution >= 4 is 11.5 Å². The lowest BCUT2D eigenvalue weighted by molar-refractivity contribution is -0.0711. The molecule has 1 aromatic rings. The van der Waals surface area contributed by atoms with Crippen molar-refractivity contribution in [2.75, 3.05) is 0 Å². The molecule has 0 spiro atoms. The average molecular weight is 308 g/mol. The molecule has 0 aliphatic rings. The number of benzene rings is 1. The van der Waals surface area contributed by atoms with Crippen LogP contribution in [0.25, 0.3) is 5.57 Å². The molecule has 0 amide bonds. The quantitative estimate of drug-likeness (QED) is 0.793. The van der Waals surface area contributed by atoms with Crippen LogP contribution in [0.15, 0.2) is 24.3 Å². The van der Waals surface area contributed by atoms with Gasteiger partial charge in [0, 0.05) is 5.56 Å². The lowest BCUT2D eigenvalue weighted by Gasteiger charge is -2.22. The maximum Gasteiger partial charge on any atom is 0.422 e. The molecule has 0 unspecified atom stereocenters. The summed E-state index contributed by atoms with van der Waals surface area (Å²) in [5, 5.41) is 8.92. The summed E-state index contributed by atoms with van der Waals surface area (Å²) >= 11 is 0. The van der Waals surface area contributed by atoms with E-state index in [1.165, 1.54) is 6.07 Å². The Hall–Kier alpha value is -1.92. The molecule has 0 saturated heterocycles. The van der Waals surface area contributed by atoms with Crippen LogP contribution >= 0.6 is 0 Å². The predicted molar refractivity (Wildman–Crippen MR) is 67.3 cm³/mol. The summed E-state index contributed by atoms with van der Waals surface area (Å²) in [6.45, 7) is 5.03. The average Bonchev–Trinajstić information content (AvgIpc) is 2.24. The van der Waals surface area contributed by atoms with Crippen molar-refractivity contribution in [2.24, 2.45) is 0 Å². The predicted octanol–water partition coefficient (Wildman–Crippen LogP) is 4.85. The number of carboxylic acids is 1. The van der Waals surface area contributed by atoms with Crippen LogP contribution < -0.4 is 0 Å². The number of aromatic carboxylic acids is 1. The van der Waals surface area contributed by atoms with Gasteiger partial charge in [-0.3, -0.25) is 0 Å². The van der Waals surface area contributed by atoms with Gasteiger partial charge in [-0.1, -0.05) is 26.8 Å². The van der Waals surface area contributed by atoms with Gasteiger partial charge in [-0.25, -0.2) is 4.79 Å². The van der Waals surface area contributed by atoms with Crippen LogP contribution in [0.5, 0.6) is 0 Å². The number of rotatable bonds is 2. The monoisotopic (exact) mass is 308 g/mol. The fraction of sp³-hybridized carbons (Fsp3) is 0.357. The molecule has 0 radical (unpaired) electrons. The second-order valence-electron chi connectivity index (χ2n) is 5.45. The molecule has 0 heterocycles. The van der Waals surface area contributed by atoms with E-state index < -0.39 is 40.3 Å². The second-order valence-corrected chi connectivity index (χ2v) is 5.45. The lowest BCUT2D eigenvalue weighted by Crippen LogP contribution is -2.18. The first-order valence-electron chi connectivity index (χ1n) is 5.86. The van der Waals surface area contributed by atoms with Crippen LogP contribution in [0.3, 0.4) is 0 Å². The molecule has 0 aliphatic carbocycles. The van der Waals surface area contributed by atoms with Gasteiger partial charge in [0.1, 0.15) is 5.57 Å². The molecular weight excluding hydrogens is 295 g/mol. The van der Waals surface area contributed by atoms with Gasteiger partial charge in [0.25, 0.3) is 6.08 Å². The maximum atomic E-state index is 12.8. The molecule has 0 aliphatic heterocycles. The van der Waals surface area contributed by atoms with Crippen molar-refractivity contribution in [3.63, 3.8) is 0 Å². The van der Waals surface area contributed by atoms with Crippen molar-refractivity contribution in [1.82, 2.24) is 0 Å². The first-order valence-corrected chi connectivity index (χ1v) is 5.86. The first kappa shape index (κ1) is 17.1. The van der Waals surface area contributed by atoms with E-state index in [0.29, 0.717) is 5.56 Å². The van der Waals surface area contributed by atoms with E-state index in [2.05, 4.69) is 0 Å². The van der Waals surface area contributed by atoms with Crippen LogP contribution in [0.1, 0.15) is 42.3 Å². The third-order valence-corrected chi connectivity index (χ3v) is 2.86. The number of carbonyl (C=O) groups is 1. The molecular formula is C14H13F5O2. The van der Waals surface area contributed by atoms with E-state index in [4.69, 9.17) is 5.11 Å². The minimum Gasteiger partial charge on any atom is -0.478 e. The van der Waals surface area contributed by atoms with E-state index in [9.17, 15) is 26.7 Å². The number of alkyl halides is 3. The number of carboxylic acid groups (broad SMARTS) is 1. The van der Waals surface area contributed by atoms with Gasteiger partial charge in [-0.2, -0.15) is 22.0 Å². The largest absolute Gasteiger partial charge is 0.478 e. The summed E-state index contributed by atoms with van der Waals surface area (Å²) in [6, 6.07) is 3.08. The Balaban J connectivity index is 3.73. The molecule has 1 rings (SSSR count). The summed E-state index contributed by atoms with van der Waals surface area (Å²) in [4.78, 5) is 11.0. The minimum absolute atomic E-state index is 0.325. The van der Waals surface area contributed by atoms with Crippen molar-refractivity contribution in [1.29, 1.82) is 0 Å². The Morgan fingerprint density at radius 1 is 1.05 bits per heavy atom. The van der Waals surface area contributed by atoms with E-state index in [0.717, 1.165) is 12.1 Å². The Labute approximate surface area is 117 Å². The smallest absolute Gasteiger partial charge is 0.422 e. The number of allylic oxidation sites excluding steroid dienone is 1. The Bertz CT molecular complexity index is 590. The summed E-state index contributed by atoms with van der Waals surface area (Å²) < 4.78 is 63.8. The highest BCUT2D eigenvalue weighted by atomic mass is 19.4. The molecule has 116 valence electrons. The van der Waals surface area contributed by atoms with Crippen LogP contribution in [0.2, 0.25) is 0 Å². The van der Waals surface area contributed by atoms with Crippen molar-refractivity contribution < 1.29 is 31.9 Å². The first-order chi connectivity index (χ1) is 9.35. The van der Waals surface area contributed by atoms with Crippen molar-refractivity contribution in [3.05, 3.63) is 41.0 Å². The number of halogens is 5. The molecule has 0 fully saturated rings. The van der Waals surface area contributed by atoms with E-state index in [1.54, 1.807) is 20.8 Å². The number of hydrogen-bond acceptors (Lipinski definition) is 1. The van der Waals surface area contributed by atoms with Crippen molar-refractivity contribution in [2.45, 2.75) is 32.4 Å². The summed E-state index contributed by atoms with van der Waals surface area (Å²) in [7, 11) is 0. The van der Waals surface area contributed by atoms with Crippen LogP contribution in [-0.4, -0.2) is 17.3 Å². The molecule has 0 atom stereocenters. The SMILES string of the molecule is CC(C)(C)c1ccc(C(=O)O)c(C(=C(F)F)C(F)(F)F)c1. The van der Waals surface area contributed by atoms with Crippen LogP contribution in [0.4, 0.5) is 22.0 Å². The van der Waals surface area contributed by atoms with E-state index in [1.807, 2.05) is 0 Å². The zero-order chi connectivity index (χ0) is 16.6. The molecule has 1 N–H and O–H groups in total. The van der Waals surface area contributed by atoms with E-state index in [-0.39, 0.29) is 0 Å². The highest BCUT2D eigenvalue weighted by Crippen LogP contribution is 2.40. The molecule has 1 aromatic carbocycles. The zero-order valence-electron chi connectivity index (χ0n) is 11.5. The molecule has 0 aromatic heterocycles. The van der Waals surface area contributed by atoms with Gasteiger partial charge in [-0.15, -0.1) is 0 Å². The molecule has 0 bridgehead atoms. The third kappa shape index (κ3) is 3.80. The Morgan fingerprint density at radius 2 is 1.57 bits per heavy atom. The summed E-state index contributed by atoms with van der Waals surface area (Å²) in [6.07, 6.45) is -8.31. The van der Waals surface area contributed by atoms with Gasteiger partial charge >= 0.3 is 12.1 Å². The fourth-order valence-electron chi connectivity index (χ4n) is 1.77. The van der Waals surface area contributed by atoms with Crippen LogP contribution in [-0.2, 0) is 5.41 Å². The zero-order valence-corrected chi connectivity index (χ0v) is 11.5. The normalized spacial score (nSPS) is 12.2. The van der Waals surface area contributed by atoms with Crippen molar-refractivity contribution in [3.8, 4) is 0 Å². The van der Waals surface area contributed by atoms with Gasteiger partial charge < -0.3 is 5.11 Å². The molecule has 0 saturated carbocycles. The standard InChI is InChI=1S/C14H13F5O2/c1-13(2,3)7-4-5-8(12(20)21)9(6-7)10(11(15)16)14(17,18)19/h4-6H,1-3H3,(H,20,21). The maximum absolute atomic E-state index is 12.8. The van der Waals surface area contributed by atoms with Gasteiger partial charge in [0.15, 0.2) is 0 Å². The molecule has 21 heavy (non-hydrogen) atoms. The fourth-order valence-corrected chi connectivity index (χ4v) is 1.77. The highest BCUT2D eigenvalue weighted by molar-refractivity contribution is 5.95. The highest BCUT2D eigenvalue weighted by Gasteiger charge is 2.41. The Morgan fingerprint density at radius 3 is 1.90 bits per heavy atom. The summed E-state index contributed by atoms with van der Waals surface area (Å²) in [5.74, 6) is -1.70. The summed E-state index contributed by atoms with van der Waals surface area (Å²) in [5.41, 5.74) is -4.35. The second kappa shape index (κ2) is 5.46. The third-order valence-electron chi connectivity index (χ3n) is 2.86. The Kier molecular flexibility index (Phi) is 4.45.